The molecular formula is C21H18N4O2S. The Morgan fingerprint density at radius 1 is 1.14 bits per heavy atom. The molecule has 0 radical (unpaired) electrons. The topological polar surface area (TPSA) is 70.7 Å². The fourth-order valence-corrected chi connectivity index (χ4v) is 3.37. The molecule has 0 aliphatic rings. The van der Waals surface area contributed by atoms with Crippen LogP contribution in [0.5, 0.6) is 0 Å². The van der Waals surface area contributed by atoms with Gasteiger partial charge >= 0.3 is 5.63 Å². The highest BCUT2D eigenvalue weighted by molar-refractivity contribution is 7.14. The van der Waals surface area contributed by atoms with Crippen molar-refractivity contribution in [2.24, 2.45) is 5.10 Å². The van der Waals surface area contributed by atoms with E-state index >= 15 is 0 Å². The maximum atomic E-state index is 12.3. The molecule has 0 amide bonds. The number of para-hydroxylation sites is 1. The van der Waals surface area contributed by atoms with Crippen molar-refractivity contribution in [3.63, 3.8) is 0 Å². The van der Waals surface area contributed by atoms with E-state index in [-0.39, 0.29) is 0 Å². The van der Waals surface area contributed by atoms with Crippen molar-refractivity contribution in [3.05, 3.63) is 76.0 Å². The Balaban J connectivity index is 1.50. The van der Waals surface area contributed by atoms with Gasteiger partial charge in [-0.25, -0.2) is 9.78 Å². The van der Waals surface area contributed by atoms with Gasteiger partial charge in [0.1, 0.15) is 5.58 Å². The van der Waals surface area contributed by atoms with Crippen LogP contribution in [0.1, 0.15) is 5.56 Å². The van der Waals surface area contributed by atoms with Gasteiger partial charge in [-0.1, -0.05) is 30.3 Å². The number of fused-ring (bicyclic) bond motifs is 1. The van der Waals surface area contributed by atoms with Crippen LogP contribution in [0.3, 0.4) is 0 Å². The summed E-state index contributed by atoms with van der Waals surface area (Å²) in [5.74, 6) is 0. The summed E-state index contributed by atoms with van der Waals surface area (Å²) in [6, 6.07) is 17.3. The lowest BCUT2D eigenvalue weighted by molar-refractivity contribution is 0.563. The fraction of sp³-hybridized carbons (Fsp3) is 0.0952. The van der Waals surface area contributed by atoms with Crippen LogP contribution >= 0.6 is 11.3 Å². The molecule has 6 nitrogen and oxygen atoms in total. The molecule has 4 aromatic rings. The minimum Gasteiger partial charge on any atom is -0.422 e. The summed E-state index contributed by atoms with van der Waals surface area (Å²) in [5.41, 5.74) is 6.18. The Morgan fingerprint density at radius 2 is 1.93 bits per heavy atom. The van der Waals surface area contributed by atoms with Crippen LogP contribution in [0.15, 0.2) is 74.3 Å². The monoisotopic (exact) mass is 390 g/mol. The van der Waals surface area contributed by atoms with E-state index in [0.29, 0.717) is 22.0 Å². The third kappa shape index (κ3) is 3.79. The van der Waals surface area contributed by atoms with E-state index in [2.05, 4.69) is 15.5 Å². The minimum absolute atomic E-state index is 0.403. The molecule has 0 spiro atoms. The van der Waals surface area contributed by atoms with Crippen molar-refractivity contribution in [3.8, 4) is 11.3 Å². The van der Waals surface area contributed by atoms with Crippen LogP contribution in [0.4, 0.5) is 10.8 Å². The summed E-state index contributed by atoms with van der Waals surface area (Å²) in [6.07, 6.45) is 1.73. The SMILES string of the molecule is CN(C)c1ccc(/C=N/Nc2nc(-c3cc4ccccc4oc3=O)cs2)cc1. The Bertz CT molecular complexity index is 1190. The summed E-state index contributed by atoms with van der Waals surface area (Å²) in [5, 5.41) is 7.49. The average Bonchev–Trinajstić information content (AvgIpc) is 3.16. The number of benzene rings is 2. The number of hydrogen-bond acceptors (Lipinski definition) is 7. The number of anilines is 2. The molecule has 0 bridgehead atoms. The minimum atomic E-state index is -0.403. The summed E-state index contributed by atoms with van der Waals surface area (Å²) in [6.45, 7) is 0. The third-order valence-corrected chi connectivity index (χ3v) is 4.95. The molecule has 28 heavy (non-hydrogen) atoms. The predicted molar refractivity (Wildman–Crippen MR) is 116 cm³/mol. The highest BCUT2D eigenvalue weighted by Gasteiger charge is 2.11. The highest BCUT2D eigenvalue weighted by atomic mass is 32.1. The molecule has 2 aromatic carbocycles. The second-order valence-electron chi connectivity index (χ2n) is 6.38. The van der Waals surface area contributed by atoms with Gasteiger partial charge in [0.15, 0.2) is 0 Å². The molecule has 1 N–H and O–H groups in total. The van der Waals surface area contributed by atoms with Crippen LogP contribution in [-0.4, -0.2) is 25.3 Å². The number of hydrazone groups is 1. The largest absolute Gasteiger partial charge is 0.422 e. The number of rotatable bonds is 5. The van der Waals surface area contributed by atoms with Crippen LogP contribution < -0.4 is 16.0 Å². The van der Waals surface area contributed by atoms with Gasteiger partial charge in [-0.15, -0.1) is 11.3 Å². The van der Waals surface area contributed by atoms with Crippen molar-refractivity contribution in [2.75, 3.05) is 24.4 Å². The predicted octanol–water partition coefficient (Wildman–Crippen LogP) is 4.43. The van der Waals surface area contributed by atoms with Crippen molar-refractivity contribution < 1.29 is 4.42 Å². The Labute approximate surface area is 165 Å². The van der Waals surface area contributed by atoms with Gasteiger partial charge in [0.2, 0.25) is 5.13 Å². The van der Waals surface area contributed by atoms with Crippen molar-refractivity contribution in [1.82, 2.24) is 4.98 Å². The molecule has 0 aliphatic heterocycles. The smallest absolute Gasteiger partial charge is 0.345 e. The van der Waals surface area contributed by atoms with E-state index in [0.717, 1.165) is 16.6 Å². The molecular weight excluding hydrogens is 372 g/mol. The molecule has 4 rings (SSSR count). The zero-order valence-electron chi connectivity index (χ0n) is 15.4. The zero-order valence-corrected chi connectivity index (χ0v) is 16.2. The van der Waals surface area contributed by atoms with Gasteiger partial charge in [0, 0.05) is 30.5 Å². The second kappa shape index (κ2) is 7.66. The fourth-order valence-electron chi connectivity index (χ4n) is 2.71. The maximum Gasteiger partial charge on any atom is 0.345 e. The lowest BCUT2D eigenvalue weighted by atomic mass is 10.1. The number of aromatic nitrogens is 1. The van der Waals surface area contributed by atoms with Gasteiger partial charge in [-0.3, -0.25) is 5.43 Å². The number of nitrogens with one attached hydrogen (secondary N) is 1. The molecule has 0 aliphatic carbocycles. The summed E-state index contributed by atoms with van der Waals surface area (Å²) in [4.78, 5) is 18.7. The van der Waals surface area contributed by atoms with E-state index < -0.39 is 5.63 Å². The molecule has 0 fully saturated rings. The molecule has 0 unspecified atom stereocenters. The van der Waals surface area contributed by atoms with E-state index in [1.807, 2.05) is 66.8 Å². The highest BCUT2D eigenvalue weighted by Crippen LogP contribution is 2.25. The number of hydrogen-bond donors (Lipinski definition) is 1. The van der Waals surface area contributed by atoms with Crippen LogP contribution in [0.25, 0.3) is 22.2 Å². The van der Waals surface area contributed by atoms with Crippen molar-refractivity contribution in [1.29, 1.82) is 0 Å². The average molecular weight is 390 g/mol. The van der Waals surface area contributed by atoms with Gasteiger partial charge in [-0.2, -0.15) is 5.10 Å². The summed E-state index contributed by atoms with van der Waals surface area (Å²) in [7, 11) is 4.00. The van der Waals surface area contributed by atoms with E-state index in [4.69, 9.17) is 4.42 Å². The first-order chi connectivity index (χ1) is 13.6. The van der Waals surface area contributed by atoms with E-state index in [1.54, 1.807) is 18.3 Å². The quantitative estimate of drug-likeness (QED) is 0.310. The Hall–Kier alpha value is -3.45. The molecule has 2 heterocycles. The summed E-state index contributed by atoms with van der Waals surface area (Å²) < 4.78 is 5.38. The van der Waals surface area contributed by atoms with Crippen molar-refractivity contribution >= 4 is 39.3 Å². The van der Waals surface area contributed by atoms with Gasteiger partial charge in [0.05, 0.1) is 17.5 Å². The van der Waals surface area contributed by atoms with Crippen LogP contribution in [0, 0.1) is 0 Å². The molecule has 0 saturated heterocycles. The molecule has 7 heteroatoms. The first-order valence-electron chi connectivity index (χ1n) is 8.65. The first-order valence-corrected chi connectivity index (χ1v) is 9.53. The lowest BCUT2D eigenvalue weighted by Crippen LogP contribution is -2.08. The van der Waals surface area contributed by atoms with Crippen LogP contribution in [-0.2, 0) is 0 Å². The lowest BCUT2D eigenvalue weighted by Gasteiger charge is -2.11. The normalized spacial score (nSPS) is 11.2. The van der Waals surface area contributed by atoms with E-state index in [1.165, 1.54) is 11.3 Å². The van der Waals surface area contributed by atoms with E-state index in [9.17, 15) is 4.79 Å². The third-order valence-electron chi connectivity index (χ3n) is 4.20. The first kappa shape index (κ1) is 17.9. The van der Waals surface area contributed by atoms with Gasteiger partial charge in [-0.05, 0) is 29.8 Å². The Morgan fingerprint density at radius 3 is 2.71 bits per heavy atom. The zero-order chi connectivity index (χ0) is 19.5. The summed E-state index contributed by atoms with van der Waals surface area (Å²) >= 11 is 1.38. The van der Waals surface area contributed by atoms with Crippen LogP contribution in [0.2, 0.25) is 0 Å². The molecule has 2 aromatic heterocycles. The van der Waals surface area contributed by atoms with Crippen molar-refractivity contribution in [2.45, 2.75) is 0 Å². The number of nitrogens with zero attached hydrogens (tertiary/aromatic N) is 3. The number of thiazole rings is 1. The Kier molecular flexibility index (Phi) is 4.90. The maximum absolute atomic E-state index is 12.3. The van der Waals surface area contributed by atoms with Gasteiger partial charge in [0.25, 0.3) is 0 Å². The second-order valence-corrected chi connectivity index (χ2v) is 7.24. The standard InChI is InChI=1S/C21H18N4O2S/c1-25(2)16-9-7-14(8-10-16)12-22-24-21-23-18(13-28-21)17-11-15-5-3-4-6-19(15)27-20(17)26/h3-13H,1-2H3,(H,23,24)/b22-12+. The molecule has 0 saturated carbocycles. The molecule has 140 valence electrons. The van der Waals surface area contributed by atoms with Gasteiger partial charge < -0.3 is 9.32 Å². The molecule has 0 atom stereocenters.